The lowest BCUT2D eigenvalue weighted by Crippen LogP contribution is -2.46. The molecule has 0 aliphatic carbocycles. The van der Waals surface area contributed by atoms with E-state index in [0.717, 1.165) is 52.0 Å². The number of amides is 2. The van der Waals surface area contributed by atoms with Crippen molar-refractivity contribution < 1.29 is 9.53 Å². The quantitative estimate of drug-likeness (QED) is 0.832. The number of likely N-dealkylation sites (tertiary alicyclic amines) is 1. The molecule has 138 valence electrons. The highest BCUT2D eigenvalue weighted by Gasteiger charge is 2.29. The van der Waals surface area contributed by atoms with Crippen molar-refractivity contribution in [3.63, 3.8) is 0 Å². The third-order valence-corrected chi connectivity index (χ3v) is 5.03. The Balaban J connectivity index is 1.41. The standard InChI is InChI=1S/C19H30N4O2/c1-15-13-22(14-16(2)25-15)11-4-8-21-19(24)23-12-3-5-18(23)17-6-9-20-10-7-17/h6-7,9-10,15-16,18H,3-5,8,11-14H2,1-2H3,(H,21,24)/t15-,16+,18-/m0/s1. The predicted molar refractivity (Wildman–Crippen MR) is 97.4 cm³/mol. The van der Waals surface area contributed by atoms with Crippen LogP contribution in [0.15, 0.2) is 24.5 Å². The molecule has 25 heavy (non-hydrogen) atoms. The molecule has 6 nitrogen and oxygen atoms in total. The summed E-state index contributed by atoms with van der Waals surface area (Å²) in [5.74, 6) is 0. The van der Waals surface area contributed by atoms with Crippen LogP contribution in [0.5, 0.6) is 0 Å². The third-order valence-electron chi connectivity index (χ3n) is 5.03. The van der Waals surface area contributed by atoms with E-state index < -0.39 is 0 Å². The summed E-state index contributed by atoms with van der Waals surface area (Å²) in [4.78, 5) is 21.0. The number of aromatic nitrogens is 1. The second-order valence-corrected chi connectivity index (χ2v) is 7.23. The highest BCUT2D eigenvalue weighted by molar-refractivity contribution is 5.75. The Hall–Kier alpha value is -1.66. The zero-order valence-corrected chi connectivity index (χ0v) is 15.4. The van der Waals surface area contributed by atoms with Crippen LogP contribution in [-0.4, -0.2) is 65.7 Å². The van der Waals surface area contributed by atoms with Gasteiger partial charge in [-0.05, 0) is 50.8 Å². The summed E-state index contributed by atoms with van der Waals surface area (Å²) >= 11 is 0. The van der Waals surface area contributed by atoms with E-state index >= 15 is 0 Å². The van der Waals surface area contributed by atoms with Crippen LogP contribution in [0.2, 0.25) is 0 Å². The normalized spacial score (nSPS) is 27.4. The summed E-state index contributed by atoms with van der Waals surface area (Å²) in [7, 11) is 0. The molecule has 1 N–H and O–H groups in total. The summed E-state index contributed by atoms with van der Waals surface area (Å²) in [5.41, 5.74) is 1.18. The number of rotatable bonds is 5. The van der Waals surface area contributed by atoms with Crippen LogP contribution in [0.4, 0.5) is 4.79 Å². The lowest BCUT2D eigenvalue weighted by molar-refractivity contribution is -0.0679. The lowest BCUT2D eigenvalue weighted by atomic mass is 10.1. The molecule has 3 heterocycles. The Labute approximate surface area is 150 Å². The summed E-state index contributed by atoms with van der Waals surface area (Å²) < 4.78 is 5.76. The molecule has 2 aliphatic rings. The van der Waals surface area contributed by atoms with Gasteiger partial charge in [0.2, 0.25) is 0 Å². The maximum atomic E-state index is 12.5. The predicted octanol–water partition coefficient (Wildman–Crippen LogP) is 2.43. The Morgan fingerprint density at radius 3 is 2.72 bits per heavy atom. The second kappa shape index (κ2) is 8.63. The van der Waals surface area contributed by atoms with Crippen LogP contribution in [0.3, 0.4) is 0 Å². The highest BCUT2D eigenvalue weighted by atomic mass is 16.5. The first-order chi connectivity index (χ1) is 12.1. The van der Waals surface area contributed by atoms with E-state index in [9.17, 15) is 4.79 Å². The monoisotopic (exact) mass is 346 g/mol. The molecule has 0 unspecified atom stereocenters. The number of ether oxygens (including phenoxy) is 1. The Kier molecular flexibility index (Phi) is 6.26. The number of hydrogen-bond acceptors (Lipinski definition) is 4. The van der Waals surface area contributed by atoms with Gasteiger partial charge >= 0.3 is 6.03 Å². The van der Waals surface area contributed by atoms with Gasteiger partial charge in [0, 0.05) is 45.1 Å². The Morgan fingerprint density at radius 1 is 1.28 bits per heavy atom. The van der Waals surface area contributed by atoms with Crippen molar-refractivity contribution in [1.82, 2.24) is 20.1 Å². The smallest absolute Gasteiger partial charge is 0.317 e. The van der Waals surface area contributed by atoms with Gasteiger partial charge in [-0.15, -0.1) is 0 Å². The first-order valence-electron chi connectivity index (χ1n) is 9.45. The van der Waals surface area contributed by atoms with Gasteiger partial charge in [-0.2, -0.15) is 0 Å². The van der Waals surface area contributed by atoms with Crippen molar-refractivity contribution in [3.05, 3.63) is 30.1 Å². The summed E-state index contributed by atoms with van der Waals surface area (Å²) in [6.45, 7) is 8.76. The number of pyridine rings is 1. The molecular weight excluding hydrogens is 316 g/mol. The van der Waals surface area contributed by atoms with Crippen molar-refractivity contribution in [1.29, 1.82) is 0 Å². The van der Waals surface area contributed by atoms with Gasteiger partial charge in [0.1, 0.15) is 0 Å². The molecule has 2 amide bonds. The number of urea groups is 1. The average Bonchev–Trinajstić information content (AvgIpc) is 3.08. The molecule has 2 fully saturated rings. The molecule has 0 bridgehead atoms. The number of morpholine rings is 1. The van der Waals surface area contributed by atoms with Gasteiger partial charge < -0.3 is 15.0 Å². The van der Waals surface area contributed by atoms with Crippen LogP contribution in [0, 0.1) is 0 Å². The topological polar surface area (TPSA) is 57.7 Å². The van der Waals surface area contributed by atoms with E-state index in [0.29, 0.717) is 12.2 Å². The summed E-state index contributed by atoms with van der Waals surface area (Å²) in [6, 6.07) is 4.26. The van der Waals surface area contributed by atoms with Crippen LogP contribution in [0.25, 0.3) is 0 Å². The zero-order chi connectivity index (χ0) is 17.6. The zero-order valence-electron chi connectivity index (χ0n) is 15.4. The van der Waals surface area contributed by atoms with Crippen LogP contribution >= 0.6 is 0 Å². The molecule has 1 aromatic heterocycles. The second-order valence-electron chi connectivity index (χ2n) is 7.23. The molecule has 3 rings (SSSR count). The van der Waals surface area contributed by atoms with Gasteiger partial charge in [-0.1, -0.05) is 0 Å². The number of nitrogens with zero attached hydrogens (tertiary/aromatic N) is 3. The van der Waals surface area contributed by atoms with Crippen molar-refractivity contribution >= 4 is 6.03 Å². The number of carbonyl (C=O) groups excluding carboxylic acids is 1. The van der Waals surface area contributed by atoms with Crippen LogP contribution in [-0.2, 0) is 4.74 Å². The minimum atomic E-state index is 0.0584. The van der Waals surface area contributed by atoms with E-state index in [2.05, 4.69) is 29.0 Å². The van der Waals surface area contributed by atoms with E-state index in [1.54, 1.807) is 12.4 Å². The van der Waals surface area contributed by atoms with Crippen molar-refractivity contribution in [2.45, 2.75) is 51.4 Å². The molecule has 0 radical (unpaired) electrons. The summed E-state index contributed by atoms with van der Waals surface area (Å²) in [6.07, 6.45) is 7.25. The summed E-state index contributed by atoms with van der Waals surface area (Å²) in [5, 5.41) is 3.10. The molecule has 2 saturated heterocycles. The largest absolute Gasteiger partial charge is 0.373 e. The first-order valence-corrected chi connectivity index (χ1v) is 9.45. The van der Waals surface area contributed by atoms with Crippen molar-refractivity contribution in [2.75, 3.05) is 32.7 Å². The minimum absolute atomic E-state index is 0.0584. The van der Waals surface area contributed by atoms with E-state index in [4.69, 9.17) is 4.74 Å². The fourth-order valence-corrected chi connectivity index (χ4v) is 4.01. The number of nitrogens with one attached hydrogen (secondary N) is 1. The van der Waals surface area contributed by atoms with E-state index in [1.807, 2.05) is 17.0 Å². The lowest BCUT2D eigenvalue weighted by Gasteiger charge is -2.35. The molecule has 1 aromatic rings. The number of hydrogen-bond donors (Lipinski definition) is 1. The minimum Gasteiger partial charge on any atom is -0.373 e. The Bertz CT molecular complexity index is 544. The maximum Gasteiger partial charge on any atom is 0.317 e. The van der Waals surface area contributed by atoms with E-state index in [1.165, 1.54) is 5.56 Å². The van der Waals surface area contributed by atoms with Gasteiger partial charge in [0.05, 0.1) is 18.2 Å². The van der Waals surface area contributed by atoms with E-state index in [-0.39, 0.29) is 12.1 Å². The molecule has 6 heteroatoms. The fraction of sp³-hybridized carbons (Fsp3) is 0.684. The van der Waals surface area contributed by atoms with Gasteiger partial charge in [0.25, 0.3) is 0 Å². The number of carbonyl (C=O) groups is 1. The molecule has 0 aromatic carbocycles. The van der Waals surface area contributed by atoms with Crippen molar-refractivity contribution in [2.24, 2.45) is 0 Å². The molecule has 3 atom stereocenters. The molecule has 0 spiro atoms. The third kappa shape index (κ3) is 4.92. The van der Waals surface area contributed by atoms with Crippen LogP contribution in [0.1, 0.15) is 44.7 Å². The van der Waals surface area contributed by atoms with Gasteiger partial charge in [-0.25, -0.2) is 4.79 Å². The maximum absolute atomic E-state index is 12.5. The highest BCUT2D eigenvalue weighted by Crippen LogP contribution is 2.31. The molecule has 0 saturated carbocycles. The fourth-order valence-electron chi connectivity index (χ4n) is 4.01. The van der Waals surface area contributed by atoms with Gasteiger partial charge in [-0.3, -0.25) is 9.88 Å². The van der Waals surface area contributed by atoms with Crippen LogP contribution < -0.4 is 5.32 Å². The van der Waals surface area contributed by atoms with Gasteiger partial charge in [0.15, 0.2) is 0 Å². The average molecular weight is 346 g/mol. The molecule has 2 aliphatic heterocycles. The van der Waals surface area contributed by atoms with Crippen molar-refractivity contribution in [3.8, 4) is 0 Å². The Morgan fingerprint density at radius 2 is 2.00 bits per heavy atom. The SMILES string of the molecule is C[C@@H]1CN(CCCNC(=O)N2CCC[C@H]2c2ccncc2)C[C@H](C)O1. The molecular formula is C19H30N4O2. The first kappa shape index (κ1) is 18.1.